The van der Waals surface area contributed by atoms with Crippen LogP contribution in [-0.2, 0) is 14.6 Å². The normalized spacial score (nSPS) is 12.4. The van der Waals surface area contributed by atoms with Crippen LogP contribution in [-0.4, -0.2) is 18.3 Å². The van der Waals surface area contributed by atoms with E-state index in [1.54, 1.807) is 0 Å². The summed E-state index contributed by atoms with van der Waals surface area (Å²) >= 11 is 3.95. The molecule has 0 aromatic heterocycles. The van der Waals surface area contributed by atoms with E-state index in [4.69, 9.17) is 4.89 Å². The van der Waals surface area contributed by atoms with Gasteiger partial charge in [-0.05, 0) is 12.3 Å². The van der Waals surface area contributed by atoms with Gasteiger partial charge >= 0.3 is 5.97 Å². The van der Waals surface area contributed by atoms with Crippen LogP contribution in [0.15, 0.2) is 0 Å². The van der Waals surface area contributed by atoms with Gasteiger partial charge in [0.2, 0.25) is 0 Å². The maximum absolute atomic E-state index is 11.0. The van der Waals surface area contributed by atoms with Crippen LogP contribution in [0.4, 0.5) is 0 Å². The monoisotopic (exact) mass is 290 g/mol. The summed E-state index contributed by atoms with van der Waals surface area (Å²) in [7, 11) is 0. The Kier molecular flexibility index (Phi) is 14.0. The molecule has 0 aromatic carbocycles. The third-order valence-corrected chi connectivity index (χ3v) is 3.42. The van der Waals surface area contributed by atoms with Crippen molar-refractivity contribution in [1.29, 1.82) is 0 Å². The lowest BCUT2D eigenvalue weighted by molar-refractivity contribution is -0.272. The number of carbonyl (C=O) groups excluding carboxylic acids is 1. The van der Waals surface area contributed by atoms with Gasteiger partial charge in [0.25, 0.3) is 0 Å². The third-order valence-electron chi connectivity index (χ3n) is 3.19. The molecule has 114 valence electrons. The number of carbonyl (C=O) groups is 1. The molecule has 0 amide bonds. The maximum atomic E-state index is 11.0. The average Bonchev–Trinajstić information content (AvgIpc) is 2.39. The van der Waals surface area contributed by atoms with Crippen LogP contribution in [0.5, 0.6) is 0 Å². The highest BCUT2D eigenvalue weighted by atomic mass is 32.1. The summed E-state index contributed by atoms with van der Waals surface area (Å²) in [6.07, 6.45) is 10.3. The lowest BCUT2D eigenvalue weighted by atomic mass is 9.97. The first-order valence-electron chi connectivity index (χ1n) is 7.63. The predicted octanol–water partition coefficient (Wildman–Crippen LogP) is 4.56. The summed E-state index contributed by atoms with van der Waals surface area (Å²) < 4.78 is 0. The minimum atomic E-state index is -0.334. The summed E-state index contributed by atoms with van der Waals surface area (Å²) in [6.45, 7) is 5.06. The van der Waals surface area contributed by atoms with Crippen LogP contribution in [0.2, 0.25) is 0 Å². The fourth-order valence-corrected chi connectivity index (χ4v) is 2.14. The molecule has 19 heavy (non-hydrogen) atoms. The minimum absolute atomic E-state index is 0.303. The average molecular weight is 290 g/mol. The van der Waals surface area contributed by atoms with Crippen LogP contribution in [0, 0.1) is 5.92 Å². The van der Waals surface area contributed by atoms with Crippen molar-refractivity contribution in [2.75, 3.05) is 12.4 Å². The molecule has 0 aliphatic heterocycles. The third kappa shape index (κ3) is 14.0. The van der Waals surface area contributed by atoms with Gasteiger partial charge in [-0.2, -0.15) is 17.5 Å². The Labute approximate surface area is 123 Å². The van der Waals surface area contributed by atoms with Crippen molar-refractivity contribution >= 4 is 18.6 Å². The highest BCUT2D eigenvalue weighted by Crippen LogP contribution is 2.16. The largest absolute Gasteiger partial charge is 0.343 e. The van der Waals surface area contributed by atoms with Gasteiger partial charge in [0.15, 0.2) is 0 Å². The number of hydrogen-bond acceptors (Lipinski definition) is 4. The second kappa shape index (κ2) is 14.2. The molecule has 4 heteroatoms. The van der Waals surface area contributed by atoms with Crippen LogP contribution in [0.3, 0.4) is 0 Å². The van der Waals surface area contributed by atoms with Crippen LogP contribution >= 0.6 is 12.6 Å². The van der Waals surface area contributed by atoms with Gasteiger partial charge in [-0.3, -0.25) is 4.89 Å². The highest BCUT2D eigenvalue weighted by Gasteiger charge is 2.04. The van der Waals surface area contributed by atoms with Gasteiger partial charge in [0.1, 0.15) is 0 Å². The molecule has 0 saturated carbocycles. The molecule has 0 fully saturated rings. The Morgan fingerprint density at radius 3 is 2.42 bits per heavy atom. The fourth-order valence-electron chi connectivity index (χ4n) is 1.96. The number of unbranched alkanes of at least 4 members (excludes halogenated alkanes) is 4. The molecule has 0 saturated heterocycles. The Bertz CT molecular complexity index is 210. The standard InChI is InChI=1S/C15H30O3S/c1-3-4-5-6-9-14(2)10-7-8-12-17-18-15(16)11-13-19/h14,19H,3-13H2,1-2H3. The first-order valence-corrected chi connectivity index (χ1v) is 8.27. The Hall–Kier alpha value is -0.220. The van der Waals surface area contributed by atoms with Gasteiger partial charge in [0, 0.05) is 5.75 Å². The lowest BCUT2D eigenvalue weighted by Gasteiger charge is -2.10. The lowest BCUT2D eigenvalue weighted by Crippen LogP contribution is -2.07. The van der Waals surface area contributed by atoms with E-state index in [9.17, 15) is 4.79 Å². The van der Waals surface area contributed by atoms with Crippen molar-refractivity contribution in [3.05, 3.63) is 0 Å². The zero-order valence-corrected chi connectivity index (χ0v) is 13.4. The number of hydrogen-bond donors (Lipinski definition) is 1. The van der Waals surface area contributed by atoms with Crippen molar-refractivity contribution in [3.63, 3.8) is 0 Å². The number of rotatable bonds is 13. The molecule has 1 unspecified atom stereocenters. The zero-order valence-electron chi connectivity index (χ0n) is 12.5. The van der Waals surface area contributed by atoms with E-state index in [0.29, 0.717) is 18.8 Å². The van der Waals surface area contributed by atoms with Crippen molar-refractivity contribution in [2.45, 2.75) is 71.6 Å². The molecule has 1 atom stereocenters. The van der Waals surface area contributed by atoms with Gasteiger partial charge in [-0.1, -0.05) is 58.8 Å². The molecule has 0 heterocycles. The van der Waals surface area contributed by atoms with Crippen molar-refractivity contribution < 1.29 is 14.6 Å². The molecule has 0 aliphatic rings. The second-order valence-electron chi connectivity index (χ2n) is 5.20. The second-order valence-corrected chi connectivity index (χ2v) is 5.65. The summed E-state index contributed by atoms with van der Waals surface area (Å²) in [5.41, 5.74) is 0. The summed E-state index contributed by atoms with van der Waals surface area (Å²) in [5.74, 6) is 0.959. The Morgan fingerprint density at radius 2 is 1.79 bits per heavy atom. The first kappa shape index (κ1) is 18.8. The van der Waals surface area contributed by atoms with E-state index >= 15 is 0 Å². The molecule has 0 radical (unpaired) electrons. The van der Waals surface area contributed by atoms with Crippen molar-refractivity contribution in [1.82, 2.24) is 0 Å². The van der Waals surface area contributed by atoms with Gasteiger partial charge < -0.3 is 0 Å². The number of thiol groups is 1. The van der Waals surface area contributed by atoms with Gasteiger partial charge in [0.05, 0.1) is 13.0 Å². The molecular weight excluding hydrogens is 260 g/mol. The summed E-state index contributed by atoms with van der Waals surface area (Å²) in [4.78, 5) is 20.4. The summed E-state index contributed by atoms with van der Waals surface area (Å²) in [6, 6.07) is 0. The van der Waals surface area contributed by atoms with E-state index < -0.39 is 0 Å². The van der Waals surface area contributed by atoms with E-state index in [2.05, 4.69) is 31.4 Å². The quantitative estimate of drug-likeness (QED) is 0.234. The van der Waals surface area contributed by atoms with E-state index in [1.807, 2.05) is 0 Å². The SMILES string of the molecule is CCCCCCC(C)CCCCOOC(=O)CCS. The molecule has 0 aliphatic carbocycles. The van der Waals surface area contributed by atoms with Crippen LogP contribution in [0.1, 0.15) is 71.6 Å². The molecular formula is C15H30O3S. The van der Waals surface area contributed by atoms with Crippen molar-refractivity contribution in [2.24, 2.45) is 5.92 Å². The summed E-state index contributed by atoms with van der Waals surface area (Å²) in [5, 5.41) is 0. The van der Waals surface area contributed by atoms with Gasteiger partial charge in [-0.15, -0.1) is 0 Å². The fraction of sp³-hybridized carbons (Fsp3) is 0.933. The van der Waals surface area contributed by atoms with E-state index in [-0.39, 0.29) is 5.97 Å². The molecule has 0 bridgehead atoms. The Morgan fingerprint density at radius 1 is 1.11 bits per heavy atom. The van der Waals surface area contributed by atoms with Crippen LogP contribution < -0.4 is 0 Å². The first-order chi connectivity index (χ1) is 9.20. The van der Waals surface area contributed by atoms with Crippen molar-refractivity contribution in [3.8, 4) is 0 Å². The predicted molar refractivity (Wildman–Crippen MR) is 82.3 cm³/mol. The molecule has 0 N–H and O–H groups in total. The smallest absolute Gasteiger partial charge is 0.298 e. The minimum Gasteiger partial charge on any atom is -0.298 e. The molecule has 0 rings (SSSR count). The maximum Gasteiger partial charge on any atom is 0.343 e. The Balaban J connectivity index is 3.22. The highest BCUT2D eigenvalue weighted by molar-refractivity contribution is 7.80. The van der Waals surface area contributed by atoms with E-state index in [1.165, 1.54) is 38.5 Å². The molecule has 0 spiro atoms. The van der Waals surface area contributed by atoms with E-state index in [0.717, 1.165) is 18.8 Å². The topological polar surface area (TPSA) is 35.5 Å². The zero-order chi connectivity index (χ0) is 14.3. The molecule has 3 nitrogen and oxygen atoms in total. The van der Waals surface area contributed by atoms with Crippen LogP contribution in [0.25, 0.3) is 0 Å². The molecule has 0 aromatic rings. The van der Waals surface area contributed by atoms with Gasteiger partial charge in [-0.25, -0.2) is 4.79 Å².